The molecule has 3 rings (SSSR count). The molecule has 0 radical (unpaired) electrons. The normalized spacial score (nSPS) is 21.2. The molecule has 0 unspecified atom stereocenters. The molecule has 1 N–H and O–H groups in total. The fraction of sp³-hybridized carbons (Fsp3) is 0.409. The van der Waals surface area contributed by atoms with E-state index in [2.05, 4.69) is 48.3 Å². The van der Waals surface area contributed by atoms with Crippen LogP contribution in [0, 0.1) is 11.8 Å². The van der Waals surface area contributed by atoms with Crippen LogP contribution >= 0.6 is 0 Å². The first-order valence-corrected chi connectivity index (χ1v) is 9.23. The van der Waals surface area contributed by atoms with E-state index in [1.165, 1.54) is 6.42 Å². The van der Waals surface area contributed by atoms with Gasteiger partial charge in [-0.25, -0.2) is 0 Å². The van der Waals surface area contributed by atoms with Crippen molar-refractivity contribution in [3.05, 3.63) is 71.8 Å². The van der Waals surface area contributed by atoms with E-state index in [1.54, 1.807) is 0 Å². The van der Waals surface area contributed by atoms with Gasteiger partial charge in [0.1, 0.15) is 0 Å². The molecule has 2 atom stereocenters. The lowest BCUT2D eigenvalue weighted by Crippen LogP contribution is -2.45. The van der Waals surface area contributed by atoms with Gasteiger partial charge in [-0.3, -0.25) is 9.69 Å². The van der Waals surface area contributed by atoms with Gasteiger partial charge in [0.25, 0.3) is 0 Å². The minimum absolute atomic E-state index is 0.0963. The molecular weight excluding hydrogens is 308 g/mol. The molecule has 1 amide bonds. The van der Waals surface area contributed by atoms with Crippen LogP contribution in [0.2, 0.25) is 0 Å². The molecule has 1 heterocycles. The van der Waals surface area contributed by atoms with E-state index in [9.17, 15) is 4.79 Å². The molecule has 0 aliphatic carbocycles. The predicted octanol–water partition coefficient (Wildman–Crippen LogP) is 3.87. The number of rotatable bonds is 5. The highest BCUT2D eigenvalue weighted by Crippen LogP contribution is 2.23. The van der Waals surface area contributed by atoms with E-state index < -0.39 is 0 Å². The Kier molecular flexibility index (Phi) is 5.87. The molecule has 1 saturated heterocycles. The number of nitrogens with one attached hydrogen (secondary N) is 1. The van der Waals surface area contributed by atoms with Crippen LogP contribution in [0.4, 0.5) is 0 Å². The molecule has 25 heavy (non-hydrogen) atoms. The summed E-state index contributed by atoms with van der Waals surface area (Å²) in [6.07, 6.45) is 1.26. The summed E-state index contributed by atoms with van der Waals surface area (Å²) in [7, 11) is 0. The number of benzene rings is 2. The summed E-state index contributed by atoms with van der Waals surface area (Å²) in [6.45, 7) is 7.05. The van der Waals surface area contributed by atoms with Gasteiger partial charge in [0.05, 0.1) is 12.6 Å². The Balaban J connectivity index is 1.71. The highest BCUT2D eigenvalue weighted by Gasteiger charge is 2.24. The Morgan fingerprint density at radius 1 is 0.960 bits per heavy atom. The molecule has 0 spiro atoms. The molecule has 1 aliphatic heterocycles. The van der Waals surface area contributed by atoms with Crippen molar-refractivity contribution in [2.45, 2.75) is 26.3 Å². The summed E-state index contributed by atoms with van der Waals surface area (Å²) in [6, 6.07) is 20.3. The second-order valence-electron chi connectivity index (χ2n) is 7.46. The number of nitrogens with zero attached hydrogens (tertiary/aromatic N) is 1. The molecule has 1 fully saturated rings. The average Bonchev–Trinajstić information content (AvgIpc) is 2.60. The molecule has 3 nitrogen and oxygen atoms in total. The topological polar surface area (TPSA) is 32.3 Å². The standard InChI is InChI=1S/C22H28N2O/c1-17-13-18(2)15-24(14-17)16-21(25)23-22(19-9-5-3-6-10-19)20-11-7-4-8-12-20/h3-12,17-18,22H,13-16H2,1-2H3,(H,23,25)/t17-,18-/m0/s1. The van der Waals surface area contributed by atoms with Crippen molar-refractivity contribution in [2.75, 3.05) is 19.6 Å². The zero-order valence-electron chi connectivity index (χ0n) is 15.2. The third kappa shape index (κ3) is 4.93. The van der Waals surface area contributed by atoms with Crippen molar-refractivity contribution in [1.29, 1.82) is 0 Å². The summed E-state index contributed by atoms with van der Waals surface area (Å²) in [5.74, 6) is 1.42. The molecule has 0 aromatic heterocycles. The minimum atomic E-state index is -0.102. The summed E-state index contributed by atoms with van der Waals surface area (Å²) < 4.78 is 0. The van der Waals surface area contributed by atoms with Gasteiger partial charge in [0.2, 0.25) is 5.91 Å². The van der Waals surface area contributed by atoms with E-state index in [1.807, 2.05) is 36.4 Å². The minimum Gasteiger partial charge on any atom is -0.344 e. The molecule has 2 aromatic carbocycles. The van der Waals surface area contributed by atoms with Gasteiger partial charge < -0.3 is 5.32 Å². The molecule has 3 heteroatoms. The third-order valence-corrected chi connectivity index (χ3v) is 4.88. The Morgan fingerprint density at radius 2 is 1.44 bits per heavy atom. The summed E-state index contributed by atoms with van der Waals surface area (Å²) >= 11 is 0. The first kappa shape index (κ1) is 17.7. The van der Waals surface area contributed by atoms with E-state index in [0.717, 1.165) is 24.2 Å². The number of hydrogen-bond donors (Lipinski definition) is 1. The maximum atomic E-state index is 12.7. The zero-order valence-corrected chi connectivity index (χ0v) is 15.2. The quantitative estimate of drug-likeness (QED) is 0.899. The van der Waals surface area contributed by atoms with Gasteiger partial charge in [-0.05, 0) is 29.4 Å². The number of amides is 1. The Labute approximate surface area is 151 Å². The number of carbonyl (C=O) groups excluding carboxylic acids is 1. The van der Waals surface area contributed by atoms with Crippen LogP contribution in [0.5, 0.6) is 0 Å². The lowest BCUT2D eigenvalue weighted by molar-refractivity contribution is -0.123. The van der Waals surface area contributed by atoms with Gasteiger partial charge in [-0.15, -0.1) is 0 Å². The number of carbonyl (C=O) groups is 1. The summed E-state index contributed by atoms with van der Waals surface area (Å²) in [4.78, 5) is 15.0. The highest BCUT2D eigenvalue weighted by molar-refractivity contribution is 5.79. The van der Waals surface area contributed by atoms with Crippen LogP contribution in [0.1, 0.15) is 37.4 Å². The highest BCUT2D eigenvalue weighted by atomic mass is 16.2. The zero-order chi connectivity index (χ0) is 17.6. The number of likely N-dealkylation sites (tertiary alicyclic amines) is 1. The summed E-state index contributed by atoms with van der Waals surface area (Å²) in [5, 5.41) is 3.25. The van der Waals surface area contributed by atoms with Crippen molar-refractivity contribution in [2.24, 2.45) is 11.8 Å². The van der Waals surface area contributed by atoms with E-state index in [-0.39, 0.29) is 11.9 Å². The molecule has 2 aromatic rings. The van der Waals surface area contributed by atoms with Crippen molar-refractivity contribution in [3.8, 4) is 0 Å². The van der Waals surface area contributed by atoms with Crippen molar-refractivity contribution >= 4 is 5.91 Å². The maximum absolute atomic E-state index is 12.7. The maximum Gasteiger partial charge on any atom is 0.234 e. The molecule has 1 aliphatic rings. The third-order valence-electron chi connectivity index (χ3n) is 4.88. The van der Waals surface area contributed by atoms with Crippen LogP contribution in [0.15, 0.2) is 60.7 Å². The van der Waals surface area contributed by atoms with Gasteiger partial charge >= 0.3 is 0 Å². The van der Waals surface area contributed by atoms with Crippen LogP contribution in [0.25, 0.3) is 0 Å². The lowest BCUT2D eigenvalue weighted by Gasteiger charge is -2.34. The number of piperidine rings is 1. The number of hydrogen-bond acceptors (Lipinski definition) is 2. The SMILES string of the molecule is C[C@H]1C[C@H](C)CN(CC(=O)NC(c2ccccc2)c2ccccc2)C1. The predicted molar refractivity (Wildman–Crippen MR) is 102 cm³/mol. The van der Waals surface area contributed by atoms with Crippen LogP contribution in [-0.4, -0.2) is 30.4 Å². The first-order valence-electron chi connectivity index (χ1n) is 9.23. The van der Waals surface area contributed by atoms with E-state index in [0.29, 0.717) is 18.4 Å². The Bertz CT molecular complexity index is 621. The monoisotopic (exact) mass is 336 g/mol. The van der Waals surface area contributed by atoms with Gasteiger partial charge in [0, 0.05) is 13.1 Å². The second kappa shape index (κ2) is 8.30. The first-order chi connectivity index (χ1) is 12.1. The van der Waals surface area contributed by atoms with Gasteiger partial charge in [0.15, 0.2) is 0 Å². The van der Waals surface area contributed by atoms with Gasteiger partial charge in [-0.1, -0.05) is 74.5 Å². The van der Waals surface area contributed by atoms with Crippen molar-refractivity contribution in [3.63, 3.8) is 0 Å². The van der Waals surface area contributed by atoms with Crippen LogP contribution in [-0.2, 0) is 4.79 Å². The average molecular weight is 336 g/mol. The second-order valence-corrected chi connectivity index (χ2v) is 7.46. The molecular formula is C22H28N2O. The lowest BCUT2D eigenvalue weighted by atomic mass is 9.92. The van der Waals surface area contributed by atoms with E-state index >= 15 is 0 Å². The van der Waals surface area contributed by atoms with Crippen molar-refractivity contribution < 1.29 is 4.79 Å². The smallest absolute Gasteiger partial charge is 0.234 e. The fourth-order valence-corrected chi connectivity index (χ4v) is 3.98. The molecule has 0 saturated carbocycles. The Morgan fingerprint density at radius 3 is 1.92 bits per heavy atom. The molecule has 132 valence electrons. The van der Waals surface area contributed by atoms with Gasteiger partial charge in [-0.2, -0.15) is 0 Å². The fourth-order valence-electron chi connectivity index (χ4n) is 3.98. The van der Waals surface area contributed by atoms with Crippen LogP contribution < -0.4 is 5.32 Å². The van der Waals surface area contributed by atoms with Crippen LogP contribution in [0.3, 0.4) is 0 Å². The Hall–Kier alpha value is -2.13. The largest absolute Gasteiger partial charge is 0.344 e. The molecule has 0 bridgehead atoms. The van der Waals surface area contributed by atoms with Crippen molar-refractivity contribution in [1.82, 2.24) is 10.2 Å². The summed E-state index contributed by atoms with van der Waals surface area (Å²) in [5.41, 5.74) is 2.23. The van der Waals surface area contributed by atoms with E-state index in [4.69, 9.17) is 0 Å².